The minimum Gasteiger partial charge on any atom is -0.394 e. The predicted octanol–water partition coefficient (Wildman–Crippen LogP) is 16.6. The quantitative estimate of drug-likeness (QED) is 0.0199. The van der Waals surface area contributed by atoms with Gasteiger partial charge in [0.05, 0.1) is 38.6 Å². The minimum absolute atomic E-state index is 0.239. The van der Waals surface area contributed by atoms with Gasteiger partial charge >= 0.3 is 0 Å². The van der Waals surface area contributed by atoms with Crippen LogP contribution in [0.5, 0.6) is 0 Å². The topological polar surface area (TPSA) is 307 Å². The van der Waals surface area contributed by atoms with Crippen molar-refractivity contribution in [3.8, 4) is 0 Å². The van der Waals surface area contributed by atoms with Crippen LogP contribution in [0, 0.1) is 0 Å². The summed E-state index contributed by atoms with van der Waals surface area (Å²) >= 11 is 0. The Kier molecular flexibility index (Phi) is 63.4. The van der Waals surface area contributed by atoms with Gasteiger partial charge in [-0.05, 0) is 57.8 Å². The summed E-state index contributed by atoms with van der Waals surface area (Å²) in [6, 6.07) is -0.991. The molecule has 0 aromatic heterocycles. The molecule has 0 saturated carbocycles. The number of hydrogen-bond acceptors (Lipinski definition) is 18. The van der Waals surface area contributed by atoms with Crippen molar-refractivity contribution in [1.29, 1.82) is 0 Å². The number of rotatable bonds is 73. The van der Waals surface area contributed by atoms with Gasteiger partial charge in [0.1, 0.15) is 73.2 Å². The van der Waals surface area contributed by atoms with Crippen LogP contribution in [0.2, 0.25) is 0 Å². The molecule has 3 fully saturated rings. The van der Waals surface area contributed by atoms with Gasteiger partial charge in [0.25, 0.3) is 0 Å². The maximum atomic E-state index is 13.5. The molecule has 17 atom stereocenters. The first-order valence-corrected chi connectivity index (χ1v) is 44.7. The smallest absolute Gasteiger partial charge is 0.220 e. The number of allylic oxidation sites excluding steroid dienone is 5. The molecule has 630 valence electrons. The number of aliphatic hydroxyl groups excluding tert-OH is 11. The molecule has 0 aromatic rings. The Morgan fingerprint density at radius 2 is 0.598 bits per heavy atom. The van der Waals surface area contributed by atoms with E-state index < -0.39 is 124 Å². The van der Waals surface area contributed by atoms with E-state index in [0.717, 1.165) is 38.5 Å². The van der Waals surface area contributed by atoms with Crippen LogP contribution in [0.1, 0.15) is 386 Å². The van der Waals surface area contributed by atoms with Crippen molar-refractivity contribution < 1.29 is 89.4 Å². The zero-order chi connectivity index (χ0) is 77.4. The average molecular weight is 1530 g/mol. The van der Waals surface area contributed by atoms with Gasteiger partial charge in [0, 0.05) is 6.42 Å². The van der Waals surface area contributed by atoms with E-state index in [1.54, 1.807) is 6.08 Å². The SMILES string of the molecule is CCCCCCCCCC/C=C\CCCCCCCCCCCCCCCCCCCC(=O)NC(COC1OC(CO)C(OC2OC(CO)C(OC3OC(CO)C(O)C(O)C3O)C(O)C2O)C(O)C1O)C(O)/C=C/CC/C=C/CCCCCCCCCCCCCCCCCCCCCCCCCCCCC. The molecule has 3 rings (SSSR count). The highest BCUT2D eigenvalue weighted by Gasteiger charge is 2.54. The number of hydrogen-bond donors (Lipinski definition) is 12. The van der Waals surface area contributed by atoms with Crippen molar-refractivity contribution in [3.05, 3.63) is 36.5 Å². The summed E-state index contributed by atoms with van der Waals surface area (Å²) in [5, 5.41) is 121. The Labute approximate surface area is 651 Å². The maximum Gasteiger partial charge on any atom is 0.220 e. The molecule has 19 heteroatoms. The van der Waals surface area contributed by atoms with Gasteiger partial charge in [-0.25, -0.2) is 0 Å². The fraction of sp³-hybridized carbons (Fsp3) is 0.920. The fourth-order valence-electron chi connectivity index (χ4n) is 15.3. The molecule has 0 aliphatic carbocycles. The first-order valence-electron chi connectivity index (χ1n) is 44.7. The van der Waals surface area contributed by atoms with Crippen molar-refractivity contribution in [3.63, 3.8) is 0 Å². The van der Waals surface area contributed by atoms with Crippen molar-refractivity contribution in [2.75, 3.05) is 26.4 Å². The van der Waals surface area contributed by atoms with E-state index >= 15 is 0 Å². The van der Waals surface area contributed by atoms with E-state index in [0.29, 0.717) is 12.8 Å². The molecule has 0 radical (unpaired) electrons. The largest absolute Gasteiger partial charge is 0.394 e. The van der Waals surface area contributed by atoms with Crippen LogP contribution in [0.25, 0.3) is 0 Å². The molecule has 3 heterocycles. The minimum atomic E-state index is -1.98. The van der Waals surface area contributed by atoms with E-state index in [9.17, 15) is 61.0 Å². The summed E-state index contributed by atoms with van der Waals surface area (Å²) in [7, 11) is 0. The van der Waals surface area contributed by atoms with Gasteiger partial charge in [-0.2, -0.15) is 0 Å². The molecule has 3 saturated heterocycles. The molecule has 107 heavy (non-hydrogen) atoms. The molecule has 3 aliphatic heterocycles. The van der Waals surface area contributed by atoms with Crippen molar-refractivity contribution in [2.24, 2.45) is 0 Å². The van der Waals surface area contributed by atoms with Gasteiger partial charge in [0.2, 0.25) is 5.91 Å². The summed E-state index contributed by atoms with van der Waals surface area (Å²) in [6.07, 6.45) is 60.2. The van der Waals surface area contributed by atoms with Crippen LogP contribution >= 0.6 is 0 Å². The first-order chi connectivity index (χ1) is 52.3. The molecule has 19 nitrogen and oxygen atoms in total. The molecule has 12 N–H and O–H groups in total. The van der Waals surface area contributed by atoms with Crippen LogP contribution in [0.4, 0.5) is 0 Å². The molecular formula is C88H165NO18. The first kappa shape index (κ1) is 99.2. The number of aliphatic hydroxyl groups is 11. The van der Waals surface area contributed by atoms with E-state index in [2.05, 4.69) is 43.5 Å². The van der Waals surface area contributed by atoms with Crippen LogP contribution < -0.4 is 5.32 Å². The lowest BCUT2D eigenvalue weighted by Crippen LogP contribution is -2.66. The Hall–Kier alpha value is -1.99. The maximum absolute atomic E-state index is 13.5. The molecule has 1 amide bonds. The van der Waals surface area contributed by atoms with Crippen LogP contribution in [-0.4, -0.2) is 193 Å². The van der Waals surface area contributed by atoms with Crippen LogP contribution in [0.15, 0.2) is 36.5 Å². The third-order valence-corrected chi connectivity index (χ3v) is 22.4. The number of carbonyl (C=O) groups excluding carboxylic acids is 1. The van der Waals surface area contributed by atoms with Crippen molar-refractivity contribution >= 4 is 5.91 Å². The summed E-state index contributed by atoms with van der Waals surface area (Å²) < 4.78 is 34.5. The third-order valence-electron chi connectivity index (χ3n) is 22.4. The molecule has 17 unspecified atom stereocenters. The molecular weight excluding hydrogens is 1360 g/mol. The number of ether oxygens (including phenoxy) is 6. The van der Waals surface area contributed by atoms with Crippen molar-refractivity contribution in [1.82, 2.24) is 5.32 Å². The van der Waals surface area contributed by atoms with E-state index in [1.807, 2.05) is 6.08 Å². The van der Waals surface area contributed by atoms with Gasteiger partial charge in [-0.3, -0.25) is 4.79 Å². The average Bonchev–Trinajstić information content (AvgIpc) is 0.781. The van der Waals surface area contributed by atoms with Crippen molar-refractivity contribution in [2.45, 2.75) is 491 Å². The fourth-order valence-corrected chi connectivity index (χ4v) is 15.3. The second kappa shape index (κ2) is 68.4. The van der Waals surface area contributed by atoms with Crippen LogP contribution in [0.3, 0.4) is 0 Å². The summed E-state index contributed by atoms with van der Waals surface area (Å²) in [5.41, 5.74) is 0. The number of nitrogens with one attached hydrogen (secondary N) is 1. The number of carbonyl (C=O) groups is 1. The van der Waals surface area contributed by atoms with Gasteiger partial charge in [0.15, 0.2) is 18.9 Å². The lowest BCUT2D eigenvalue weighted by atomic mass is 9.96. The predicted molar refractivity (Wildman–Crippen MR) is 429 cm³/mol. The Bertz CT molecular complexity index is 2070. The standard InChI is InChI=1S/C88H165NO18/c1-3-5-7-9-11-13-15-17-19-21-23-25-27-29-31-33-34-35-36-38-39-41-43-45-47-49-51-53-55-57-59-61-63-65-72(93)71(89-76(94)66-64-62-60-58-56-54-52-50-48-46-44-42-40-37-32-30-28-26-24-22-20-18-16-14-12-10-8-6-4-2)70-102-86-82(100)79(97)84(74(68-91)104-86)107-88-83(101)80(98)85(75(69-92)105-88)106-87-81(99)78(96)77(95)73(67-90)103-87/h22,24,55,57,63,65,71-75,77-88,90-93,95-101H,3-21,23,25-54,56,58-62,64,66-70H2,1-2H3,(H,89,94)/b24-22-,57-55+,65-63+. The molecule has 3 aliphatic rings. The molecule has 0 bridgehead atoms. The van der Waals surface area contributed by atoms with E-state index in [1.165, 1.54) is 315 Å². The summed E-state index contributed by atoms with van der Waals surface area (Å²) in [6.45, 7) is 1.79. The zero-order valence-electron chi connectivity index (χ0n) is 67.9. The molecule has 0 spiro atoms. The summed E-state index contributed by atoms with van der Waals surface area (Å²) in [5.74, 6) is -0.278. The Morgan fingerprint density at radius 1 is 0.327 bits per heavy atom. The molecule has 0 aromatic carbocycles. The lowest BCUT2D eigenvalue weighted by molar-refractivity contribution is -0.379. The third kappa shape index (κ3) is 47.5. The second-order valence-corrected chi connectivity index (χ2v) is 32.1. The highest BCUT2D eigenvalue weighted by molar-refractivity contribution is 5.76. The number of amides is 1. The normalized spacial score (nSPS) is 25.6. The van der Waals surface area contributed by atoms with Crippen LogP contribution in [-0.2, 0) is 33.2 Å². The van der Waals surface area contributed by atoms with E-state index in [-0.39, 0.29) is 18.9 Å². The van der Waals surface area contributed by atoms with Gasteiger partial charge in [-0.15, -0.1) is 0 Å². The number of unbranched alkanes of at least 4 members (excludes halogenated alkanes) is 53. The monoisotopic (exact) mass is 1520 g/mol. The van der Waals surface area contributed by atoms with E-state index in [4.69, 9.17) is 28.4 Å². The van der Waals surface area contributed by atoms with Gasteiger partial charge < -0.3 is 89.9 Å². The zero-order valence-corrected chi connectivity index (χ0v) is 67.9. The summed E-state index contributed by atoms with van der Waals surface area (Å²) in [4.78, 5) is 13.5. The highest BCUT2D eigenvalue weighted by atomic mass is 16.8. The second-order valence-electron chi connectivity index (χ2n) is 32.1. The highest BCUT2D eigenvalue weighted by Crippen LogP contribution is 2.34. The Morgan fingerprint density at radius 3 is 0.935 bits per heavy atom. The van der Waals surface area contributed by atoms with Gasteiger partial charge in [-0.1, -0.05) is 359 Å². The lowest BCUT2D eigenvalue weighted by Gasteiger charge is -2.48. The Balaban J connectivity index is 1.34.